The van der Waals surface area contributed by atoms with Crippen molar-refractivity contribution in [3.8, 4) is 0 Å². The van der Waals surface area contributed by atoms with Gasteiger partial charge in [-0.15, -0.1) is 0 Å². The fourth-order valence-electron chi connectivity index (χ4n) is 1.10. The van der Waals surface area contributed by atoms with E-state index in [2.05, 4.69) is 23.4 Å². The van der Waals surface area contributed by atoms with Gasteiger partial charge in [0.25, 0.3) is 0 Å². The Balaban J connectivity index is 0. The molecule has 0 aliphatic carbocycles. The second-order valence-corrected chi connectivity index (χ2v) is 3.32. The maximum atomic E-state index is 11.5. The molecule has 0 saturated carbocycles. The minimum Gasteiger partial charge on any atom is -0.512 e. The van der Waals surface area contributed by atoms with Crippen LogP contribution in [0.5, 0.6) is 0 Å². The van der Waals surface area contributed by atoms with Gasteiger partial charge in [-0.25, -0.2) is 4.79 Å². The molecule has 0 aromatic heterocycles. The van der Waals surface area contributed by atoms with Gasteiger partial charge in [0.05, 0.1) is 13.2 Å². The first-order valence-corrected chi connectivity index (χ1v) is 5.66. The van der Waals surface area contributed by atoms with Crippen LogP contribution >= 0.6 is 0 Å². The van der Waals surface area contributed by atoms with Gasteiger partial charge in [-0.3, -0.25) is 30.3 Å². The molecule has 0 aliphatic rings. The summed E-state index contributed by atoms with van der Waals surface area (Å²) >= 11 is 0. The van der Waals surface area contributed by atoms with Crippen LogP contribution in [-0.2, 0) is 19.0 Å². The van der Waals surface area contributed by atoms with Crippen LogP contribution in [0, 0.1) is 12.1 Å². The first kappa shape index (κ1) is 24.4. The van der Waals surface area contributed by atoms with Crippen LogP contribution in [-0.4, -0.2) is 38.4 Å². The summed E-state index contributed by atoms with van der Waals surface area (Å²) in [5.74, 6) is -0.968. The van der Waals surface area contributed by atoms with Crippen molar-refractivity contribution in [2.24, 2.45) is 0 Å². The summed E-state index contributed by atoms with van der Waals surface area (Å²) in [6, 6.07) is 10.2. The molecular weight excluding hydrogens is 326 g/mol. The van der Waals surface area contributed by atoms with Crippen LogP contribution in [0.4, 0.5) is 0 Å². The van der Waals surface area contributed by atoms with E-state index in [-0.39, 0.29) is 129 Å². The molecule has 5 nitrogen and oxygen atoms in total. The molecule has 0 spiro atoms. The van der Waals surface area contributed by atoms with Gasteiger partial charge in [0.2, 0.25) is 0 Å². The Morgan fingerprint density at radius 2 is 1.76 bits per heavy atom. The summed E-state index contributed by atoms with van der Waals surface area (Å²) in [6.45, 7) is 3.99. The fourth-order valence-corrected chi connectivity index (χ4v) is 1.10. The SMILES string of the molecule is C=CC(=O)OCCOCCOC(=O)c1[c-]cc[c-]c1.[K+].[K+]. The van der Waals surface area contributed by atoms with Crippen LogP contribution in [0.3, 0.4) is 0 Å². The molecular formula is C14H14K2O5. The minimum atomic E-state index is -0.495. The fraction of sp³-hybridized carbons (Fsp3) is 0.286. The molecule has 21 heavy (non-hydrogen) atoms. The quantitative estimate of drug-likeness (QED) is 0.156. The van der Waals surface area contributed by atoms with E-state index in [4.69, 9.17) is 9.47 Å². The van der Waals surface area contributed by atoms with E-state index in [0.29, 0.717) is 5.56 Å². The summed E-state index contributed by atoms with van der Waals surface area (Å²) in [5.41, 5.74) is 0.322. The minimum absolute atomic E-state index is 0. The maximum absolute atomic E-state index is 11.5. The van der Waals surface area contributed by atoms with E-state index >= 15 is 0 Å². The Labute approximate surface area is 209 Å². The molecule has 0 radical (unpaired) electrons. The first-order valence-electron chi connectivity index (χ1n) is 5.66. The molecule has 0 unspecified atom stereocenters. The molecule has 1 rings (SSSR count). The smallest absolute Gasteiger partial charge is 0.512 e. The molecule has 0 N–H and O–H groups in total. The van der Waals surface area contributed by atoms with E-state index in [1.165, 1.54) is 6.07 Å². The molecule has 0 heterocycles. The first-order chi connectivity index (χ1) is 9.24. The summed E-state index contributed by atoms with van der Waals surface area (Å²) in [6.07, 6.45) is 1.08. The molecule has 0 aliphatic heterocycles. The molecule has 0 amide bonds. The van der Waals surface area contributed by atoms with Crippen molar-refractivity contribution in [3.05, 3.63) is 48.6 Å². The van der Waals surface area contributed by atoms with Crippen LogP contribution in [0.25, 0.3) is 0 Å². The second-order valence-electron chi connectivity index (χ2n) is 3.32. The number of benzene rings is 1. The maximum Gasteiger partial charge on any atom is 1.00 e. The van der Waals surface area contributed by atoms with Crippen molar-refractivity contribution < 1.29 is 127 Å². The van der Waals surface area contributed by atoms with Gasteiger partial charge in [-0.1, -0.05) is 6.58 Å². The Morgan fingerprint density at radius 3 is 2.33 bits per heavy atom. The Bertz CT molecular complexity index is 423. The van der Waals surface area contributed by atoms with Gasteiger partial charge in [0.1, 0.15) is 13.2 Å². The average Bonchev–Trinajstić information content (AvgIpc) is 2.46. The topological polar surface area (TPSA) is 61.8 Å². The number of carbonyl (C=O) groups is 2. The van der Waals surface area contributed by atoms with E-state index in [1.54, 1.807) is 12.1 Å². The van der Waals surface area contributed by atoms with Crippen LogP contribution in [0.15, 0.2) is 30.9 Å². The summed E-state index contributed by atoms with van der Waals surface area (Å²) in [7, 11) is 0. The zero-order valence-electron chi connectivity index (χ0n) is 12.4. The molecule has 0 fully saturated rings. The van der Waals surface area contributed by atoms with Gasteiger partial charge in [0.15, 0.2) is 5.97 Å². The number of rotatable bonds is 8. The summed E-state index contributed by atoms with van der Waals surface area (Å²) in [4.78, 5) is 22.1. The van der Waals surface area contributed by atoms with Gasteiger partial charge >= 0.3 is 109 Å². The standard InChI is InChI=1S/C14H14O5.2K/c1-2-13(15)18-10-8-17-9-11-19-14(16)12-6-4-3-5-7-12;;/h2-4,7H,1,8-11H2;;/q-2;2*+1. The summed E-state index contributed by atoms with van der Waals surface area (Å²) in [5, 5.41) is 0. The van der Waals surface area contributed by atoms with E-state index in [1.807, 2.05) is 0 Å². The predicted octanol–water partition coefficient (Wildman–Crippen LogP) is -4.80. The third kappa shape index (κ3) is 12.2. The van der Waals surface area contributed by atoms with Gasteiger partial charge < -0.3 is 19.0 Å². The van der Waals surface area contributed by atoms with Gasteiger partial charge in [0, 0.05) is 6.08 Å². The Hall–Kier alpha value is 1.13. The number of ether oxygens (including phenoxy) is 3. The van der Waals surface area contributed by atoms with Crippen LogP contribution < -0.4 is 103 Å². The largest absolute Gasteiger partial charge is 1.00 e. The van der Waals surface area contributed by atoms with Crippen molar-refractivity contribution in [3.63, 3.8) is 0 Å². The average molecular weight is 340 g/mol. The second kappa shape index (κ2) is 16.0. The van der Waals surface area contributed by atoms with Crippen molar-refractivity contribution in [1.82, 2.24) is 0 Å². The third-order valence-corrected chi connectivity index (χ3v) is 1.97. The number of esters is 2. The molecule has 0 saturated heterocycles. The van der Waals surface area contributed by atoms with E-state index < -0.39 is 11.9 Å². The van der Waals surface area contributed by atoms with E-state index in [9.17, 15) is 9.59 Å². The molecule has 1 aromatic carbocycles. The molecule has 0 bridgehead atoms. The van der Waals surface area contributed by atoms with Crippen LogP contribution in [0.2, 0.25) is 0 Å². The summed E-state index contributed by atoms with van der Waals surface area (Å²) < 4.78 is 14.7. The van der Waals surface area contributed by atoms with Crippen molar-refractivity contribution in [1.29, 1.82) is 0 Å². The third-order valence-electron chi connectivity index (χ3n) is 1.97. The number of hydrogen-bond acceptors (Lipinski definition) is 5. The van der Waals surface area contributed by atoms with Crippen molar-refractivity contribution in [2.45, 2.75) is 0 Å². The molecule has 102 valence electrons. The van der Waals surface area contributed by atoms with Crippen LogP contribution in [0.1, 0.15) is 10.4 Å². The van der Waals surface area contributed by atoms with Crippen molar-refractivity contribution >= 4 is 11.9 Å². The molecule has 7 heteroatoms. The number of carbonyl (C=O) groups excluding carboxylic acids is 2. The van der Waals surface area contributed by atoms with Crippen molar-refractivity contribution in [2.75, 3.05) is 26.4 Å². The van der Waals surface area contributed by atoms with E-state index in [0.717, 1.165) is 6.08 Å². The molecule has 1 aromatic rings. The predicted molar refractivity (Wildman–Crippen MR) is 66.4 cm³/mol. The monoisotopic (exact) mass is 340 g/mol. The van der Waals surface area contributed by atoms with Gasteiger partial charge in [-0.2, -0.15) is 5.56 Å². The number of hydrogen-bond donors (Lipinski definition) is 0. The zero-order valence-corrected chi connectivity index (χ0v) is 18.6. The molecule has 0 atom stereocenters. The Kier molecular flexibility index (Phi) is 18.6. The normalized spacial score (nSPS) is 8.76. The van der Waals surface area contributed by atoms with Gasteiger partial charge in [-0.05, 0) is 0 Å². The zero-order chi connectivity index (χ0) is 13.9. The Morgan fingerprint density at radius 1 is 1.10 bits per heavy atom.